The standard InChI is InChI=1S/C19H26F3NO5S/c1-13(12-27-17(24)14-7-9-23-10-8-14)18(2,3)15-5-4-6-16(11-15)28-29(25,26)19(20,21)22/h4-6,11,13-14,23H,7-10,12H2,1-3H3/t13-/m0/s1. The molecule has 6 nitrogen and oxygen atoms in total. The monoisotopic (exact) mass is 437 g/mol. The van der Waals surface area contributed by atoms with Gasteiger partial charge in [0.15, 0.2) is 0 Å². The van der Waals surface area contributed by atoms with Gasteiger partial charge in [-0.1, -0.05) is 32.9 Å². The van der Waals surface area contributed by atoms with Gasteiger partial charge in [0.1, 0.15) is 5.75 Å². The highest BCUT2D eigenvalue weighted by Gasteiger charge is 2.48. The maximum absolute atomic E-state index is 12.5. The first-order chi connectivity index (χ1) is 13.3. The number of halogens is 3. The first-order valence-electron chi connectivity index (χ1n) is 9.33. The van der Waals surface area contributed by atoms with Crippen molar-refractivity contribution in [3.8, 4) is 5.75 Å². The summed E-state index contributed by atoms with van der Waals surface area (Å²) in [6, 6.07) is 5.49. The molecule has 0 aliphatic carbocycles. The molecule has 1 aliphatic rings. The second-order valence-electron chi connectivity index (χ2n) is 7.79. The van der Waals surface area contributed by atoms with Crippen LogP contribution in [0.1, 0.15) is 39.2 Å². The lowest BCUT2D eigenvalue weighted by atomic mass is 9.74. The SMILES string of the molecule is C[C@@H](COC(=O)C1CCNCC1)C(C)(C)c1cccc(OS(=O)(=O)C(F)(F)F)c1. The molecular formula is C19H26F3NO5S. The zero-order valence-electron chi connectivity index (χ0n) is 16.6. The van der Waals surface area contributed by atoms with Crippen LogP contribution < -0.4 is 9.50 Å². The van der Waals surface area contributed by atoms with Gasteiger partial charge in [0.05, 0.1) is 12.5 Å². The van der Waals surface area contributed by atoms with E-state index in [2.05, 4.69) is 9.50 Å². The van der Waals surface area contributed by atoms with Crippen molar-refractivity contribution >= 4 is 16.1 Å². The summed E-state index contributed by atoms with van der Waals surface area (Å²) in [4.78, 5) is 12.2. The molecule has 164 valence electrons. The first-order valence-corrected chi connectivity index (χ1v) is 10.7. The van der Waals surface area contributed by atoms with E-state index in [0.29, 0.717) is 5.56 Å². The summed E-state index contributed by atoms with van der Waals surface area (Å²) in [6.45, 7) is 7.22. The van der Waals surface area contributed by atoms with Crippen LogP contribution in [-0.2, 0) is 25.1 Å². The minimum absolute atomic E-state index is 0.129. The summed E-state index contributed by atoms with van der Waals surface area (Å²) in [6.07, 6.45) is 1.45. The molecule has 0 aromatic heterocycles. The van der Waals surface area contributed by atoms with Crippen molar-refractivity contribution in [3.63, 3.8) is 0 Å². The molecule has 1 fully saturated rings. The van der Waals surface area contributed by atoms with Crippen molar-refractivity contribution in [2.45, 2.75) is 44.5 Å². The van der Waals surface area contributed by atoms with Crippen molar-refractivity contribution in [1.29, 1.82) is 0 Å². The molecule has 1 N–H and O–H groups in total. The molecular weight excluding hydrogens is 411 g/mol. The molecule has 0 unspecified atom stereocenters. The van der Waals surface area contributed by atoms with E-state index in [9.17, 15) is 26.4 Å². The van der Waals surface area contributed by atoms with Gasteiger partial charge >= 0.3 is 21.6 Å². The Labute approximate surface area is 168 Å². The van der Waals surface area contributed by atoms with E-state index in [-0.39, 0.29) is 24.4 Å². The fourth-order valence-electron chi connectivity index (χ4n) is 3.00. The van der Waals surface area contributed by atoms with E-state index in [1.54, 1.807) is 6.07 Å². The lowest BCUT2D eigenvalue weighted by Crippen LogP contribution is -2.35. The molecule has 1 heterocycles. The Hall–Kier alpha value is -1.81. The quantitative estimate of drug-likeness (QED) is 0.400. The number of ether oxygens (including phenoxy) is 1. The topological polar surface area (TPSA) is 81.7 Å². The summed E-state index contributed by atoms with van der Waals surface area (Å²) < 4.78 is 69.8. The summed E-state index contributed by atoms with van der Waals surface area (Å²) in [5.74, 6) is -0.979. The molecule has 1 saturated heterocycles. The van der Waals surface area contributed by atoms with Crippen LogP contribution in [0.25, 0.3) is 0 Å². The first kappa shape index (κ1) is 23.5. The molecule has 0 radical (unpaired) electrons. The van der Waals surface area contributed by atoms with Crippen LogP contribution in [0.4, 0.5) is 13.2 Å². The normalized spacial score (nSPS) is 17.6. The van der Waals surface area contributed by atoms with Crippen LogP contribution in [0.3, 0.4) is 0 Å². The molecule has 10 heteroatoms. The van der Waals surface area contributed by atoms with Crippen LogP contribution in [0.2, 0.25) is 0 Å². The number of alkyl halides is 3. The second-order valence-corrected chi connectivity index (χ2v) is 9.33. The smallest absolute Gasteiger partial charge is 0.465 e. The Bertz CT molecular complexity index is 817. The molecule has 1 aromatic rings. The van der Waals surface area contributed by atoms with Crippen molar-refractivity contribution in [2.75, 3.05) is 19.7 Å². The number of esters is 1. The third-order valence-electron chi connectivity index (χ3n) is 5.45. The zero-order chi connectivity index (χ0) is 21.9. The average molecular weight is 437 g/mol. The minimum atomic E-state index is -5.74. The third kappa shape index (κ3) is 5.85. The van der Waals surface area contributed by atoms with Crippen LogP contribution >= 0.6 is 0 Å². The molecule has 29 heavy (non-hydrogen) atoms. The van der Waals surface area contributed by atoms with Gasteiger partial charge in [0.2, 0.25) is 0 Å². The number of hydrogen-bond acceptors (Lipinski definition) is 6. The molecule has 0 bridgehead atoms. The Morgan fingerprint density at radius 2 is 1.86 bits per heavy atom. The highest BCUT2D eigenvalue weighted by molar-refractivity contribution is 7.88. The fraction of sp³-hybridized carbons (Fsp3) is 0.632. The number of hydrogen-bond donors (Lipinski definition) is 1. The number of benzene rings is 1. The molecule has 1 aliphatic heterocycles. The summed E-state index contributed by atoms with van der Waals surface area (Å²) in [5.41, 5.74) is -5.55. The van der Waals surface area contributed by atoms with Crippen molar-refractivity contribution in [2.24, 2.45) is 11.8 Å². The highest BCUT2D eigenvalue weighted by atomic mass is 32.2. The molecule has 1 atom stereocenters. The van der Waals surface area contributed by atoms with Crippen LogP contribution in [0, 0.1) is 11.8 Å². The second kappa shape index (κ2) is 8.91. The summed E-state index contributed by atoms with van der Waals surface area (Å²) in [7, 11) is -5.74. The van der Waals surface area contributed by atoms with Gasteiger partial charge in [0, 0.05) is 0 Å². The van der Waals surface area contributed by atoms with Gasteiger partial charge in [-0.15, -0.1) is 0 Å². The van der Waals surface area contributed by atoms with Gasteiger partial charge in [-0.05, 0) is 55.0 Å². The van der Waals surface area contributed by atoms with Crippen molar-refractivity contribution in [1.82, 2.24) is 5.32 Å². The largest absolute Gasteiger partial charge is 0.534 e. The van der Waals surface area contributed by atoms with Crippen molar-refractivity contribution in [3.05, 3.63) is 29.8 Å². The summed E-state index contributed by atoms with van der Waals surface area (Å²) in [5, 5.41) is 3.18. The molecule has 0 amide bonds. The van der Waals surface area contributed by atoms with E-state index < -0.39 is 26.8 Å². The molecule has 0 saturated carbocycles. The van der Waals surface area contributed by atoms with Crippen LogP contribution in [0.15, 0.2) is 24.3 Å². The average Bonchev–Trinajstić information content (AvgIpc) is 2.65. The van der Waals surface area contributed by atoms with Gasteiger partial charge in [-0.2, -0.15) is 21.6 Å². The number of nitrogens with one attached hydrogen (secondary N) is 1. The van der Waals surface area contributed by atoms with E-state index >= 15 is 0 Å². The summed E-state index contributed by atoms with van der Waals surface area (Å²) >= 11 is 0. The third-order valence-corrected chi connectivity index (χ3v) is 6.43. The molecule has 1 aromatic carbocycles. The Kier molecular flexibility index (Phi) is 7.21. The van der Waals surface area contributed by atoms with E-state index in [0.717, 1.165) is 32.0 Å². The van der Waals surface area contributed by atoms with Crippen LogP contribution in [0.5, 0.6) is 5.75 Å². The van der Waals surface area contributed by atoms with Gasteiger partial charge in [-0.25, -0.2) is 0 Å². The number of rotatable bonds is 7. The number of carbonyl (C=O) groups excluding carboxylic acids is 1. The molecule has 2 rings (SSSR count). The number of carbonyl (C=O) groups is 1. The van der Waals surface area contributed by atoms with E-state index in [1.807, 2.05) is 20.8 Å². The number of piperidine rings is 1. The predicted molar refractivity (Wildman–Crippen MR) is 101 cm³/mol. The van der Waals surface area contributed by atoms with Gasteiger partial charge in [-0.3, -0.25) is 4.79 Å². The Morgan fingerprint density at radius 3 is 2.45 bits per heavy atom. The molecule has 0 spiro atoms. The highest BCUT2D eigenvalue weighted by Crippen LogP contribution is 2.35. The zero-order valence-corrected chi connectivity index (χ0v) is 17.4. The van der Waals surface area contributed by atoms with E-state index in [4.69, 9.17) is 4.74 Å². The maximum Gasteiger partial charge on any atom is 0.534 e. The van der Waals surface area contributed by atoms with Gasteiger partial charge in [0.25, 0.3) is 0 Å². The van der Waals surface area contributed by atoms with Gasteiger partial charge < -0.3 is 14.2 Å². The van der Waals surface area contributed by atoms with Crippen LogP contribution in [-0.4, -0.2) is 39.6 Å². The Balaban J connectivity index is 2.06. The Morgan fingerprint density at radius 1 is 1.24 bits per heavy atom. The maximum atomic E-state index is 12.5. The minimum Gasteiger partial charge on any atom is -0.465 e. The fourth-order valence-corrected chi connectivity index (χ4v) is 3.45. The van der Waals surface area contributed by atoms with E-state index in [1.165, 1.54) is 12.1 Å². The van der Waals surface area contributed by atoms with Crippen molar-refractivity contribution < 1.29 is 35.3 Å². The predicted octanol–water partition coefficient (Wildman–Crippen LogP) is 3.37. The lowest BCUT2D eigenvalue weighted by molar-refractivity contribution is -0.151. The lowest BCUT2D eigenvalue weighted by Gasteiger charge is -2.33.